The fourth-order valence-electron chi connectivity index (χ4n) is 3.41. The summed E-state index contributed by atoms with van der Waals surface area (Å²) in [4.78, 5) is 12.7. The molecule has 1 aliphatic rings. The van der Waals surface area contributed by atoms with E-state index in [1.165, 1.54) is 4.58 Å². The minimum atomic E-state index is -3.60. The van der Waals surface area contributed by atoms with Crippen LogP contribution in [-0.2, 0) is 30.4 Å². The van der Waals surface area contributed by atoms with Crippen molar-refractivity contribution in [2.75, 3.05) is 12.9 Å². The molecule has 1 atom stereocenters. The summed E-state index contributed by atoms with van der Waals surface area (Å²) in [6, 6.07) is 8.51. The summed E-state index contributed by atoms with van der Waals surface area (Å²) in [7, 11) is -3.60. The summed E-state index contributed by atoms with van der Waals surface area (Å²) in [5.74, 6) is 0.409. The number of aromatic nitrogens is 1. The number of nitrogens with zero attached hydrogens (tertiary/aromatic N) is 2. The van der Waals surface area contributed by atoms with Crippen LogP contribution in [0.25, 0.3) is 11.3 Å². The topological polar surface area (TPSA) is 108 Å². The summed E-state index contributed by atoms with van der Waals surface area (Å²) in [5.41, 5.74) is -0.0581. The Labute approximate surface area is 192 Å². The molecule has 2 heterocycles. The van der Waals surface area contributed by atoms with Crippen LogP contribution in [0.5, 0.6) is 0 Å². The van der Waals surface area contributed by atoms with Crippen molar-refractivity contribution < 1.29 is 40.4 Å². The molecule has 11 heteroatoms. The molecule has 1 aromatic heterocycles. The summed E-state index contributed by atoms with van der Waals surface area (Å²) >= 11 is 0. The Hall–Kier alpha value is -2.63. The minimum absolute atomic E-state index is 0.155. The highest BCUT2D eigenvalue weighted by Crippen LogP contribution is 2.35. The van der Waals surface area contributed by atoms with Gasteiger partial charge in [-0.15, -0.1) is 0 Å². The number of alkyl halides is 1. The molecule has 1 amide bonds. The number of benzene rings is 1. The van der Waals surface area contributed by atoms with Crippen molar-refractivity contribution in [3.05, 3.63) is 41.6 Å². The Kier molecular flexibility index (Phi) is 6.79. The maximum atomic E-state index is 14.1. The van der Waals surface area contributed by atoms with Crippen LogP contribution in [-0.4, -0.2) is 54.2 Å². The van der Waals surface area contributed by atoms with Gasteiger partial charge in [0, 0.05) is 25.5 Å². The number of amides is 1. The molecular weight excluding hydrogens is 455 g/mol. The van der Waals surface area contributed by atoms with Gasteiger partial charge in [0.15, 0.2) is 18.5 Å². The standard InChI is InChI=1S/C22H28FN2O7S/c1-21(2,3)31-20(26)25-17(12-23)19(30-22(25,4)5)15-9-7-14(8-10-15)18-11-16(24-32-18)13-29-33(6,27)28/h7-11,19H,12-13H2,1-6H3/q+1. The molecule has 0 spiro atoms. The number of hydrogen-bond donors (Lipinski definition) is 0. The average molecular weight is 484 g/mol. The highest BCUT2D eigenvalue weighted by Gasteiger charge is 2.54. The predicted molar refractivity (Wildman–Crippen MR) is 117 cm³/mol. The van der Waals surface area contributed by atoms with E-state index in [-0.39, 0.29) is 12.3 Å². The quantitative estimate of drug-likeness (QED) is 0.448. The van der Waals surface area contributed by atoms with Crippen molar-refractivity contribution in [2.45, 2.75) is 58.7 Å². The van der Waals surface area contributed by atoms with Crippen molar-refractivity contribution in [3.8, 4) is 11.3 Å². The predicted octanol–water partition coefficient (Wildman–Crippen LogP) is 3.98. The third-order valence-electron chi connectivity index (χ3n) is 4.73. The fraction of sp³-hybridized carbons (Fsp3) is 0.500. The Morgan fingerprint density at radius 1 is 1.24 bits per heavy atom. The molecule has 0 fully saturated rings. The van der Waals surface area contributed by atoms with Crippen LogP contribution in [0.3, 0.4) is 0 Å². The van der Waals surface area contributed by atoms with E-state index < -0.39 is 40.3 Å². The molecule has 0 aliphatic carbocycles. The minimum Gasteiger partial charge on any atom is -0.406 e. The second-order valence-corrected chi connectivity index (χ2v) is 10.8. The van der Waals surface area contributed by atoms with Gasteiger partial charge in [-0.1, -0.05) is 34.0 Å². The van der Waals surface area contributed by atoms with Gasteiger partial charge in [0.25, 0.3) is 15.8 Å². The number of carbonyl (C=O) groups excluding carboxylic acids is 1. The molecule has 0 N–H and O–H groups in total. The molecule has 1 aromatic carbocycles. The van der Waals surface area contributed by atoms with Crippen LogP contribution in [0.4, 0.5) is 9.18 Å². The van der Waals surface area contributed by atoms with Crippen molar-refractivity contribution in [1.29, 1.82) is 0 Å². The summed E-state index contributed by atoms with van der Waals surface area (Å²) in [5, 5.41) is 3.80. The van der Waals surface area contributed by atoms with Crippen molar-refractivity contribution in [3.63, 3.8) is 0 Å². The zero-order valence-electron chi connectivity index (χ0n) is 19.4. The maximum Gasteiger partial charge on any atom is 0.599 e. The molecule has 1 unspecified atom stereocenters. The van der Waals surface area contributed by atoms with Crippen LogP contribution in [0.15, 0.2) is 34.9 Å². The molecule has 2 aromatic rings. The summed E-state index contributed by atoms with van der Waals surface area (Å²) in [6.07, 6.45) is -0.504. The fourth-order valence-corrected chi connectivity index (χ4v) is 3.75. The Morgan fingerprint density at radius 3 is 2.42 bits per heavy atom. The van der Waals surface area contributed by atoms with Gasteiger partial charge in [-0.25, -0.2) is 4.39 Å². The lowest BCUT2D eigenvalue weighted by Crippen LogP contribution is -2.42. The van der Waals surface area contributed by atoms with Crippen molar-refractivity contribution >= 4 is 21.9 Å². The molecule has 3 rings (SSSR count). The van der Waals surface area contributed by atoms with Crippen molar-refractivity contribution in [1.82, 2.24) is 5.16 Å². The highest BCUT2D eigenvalue weighted by atomic mass is 32.2. The SMILES string of the molecule is CC(C)(C)OC(=O)[N+]1=C(CF)C(c2ccc(-c3cc(COS(C)(=O)=O)no3)cc2)OC1(C)C. The second-order valence-electron chi connectivity index (χ2n) is 9.16. The molecule has 33 heavy (non-hydrogen) atoms. The van der Waals surface area contributed by atoms with E-state index >= 15 is 0 Å². The smallest absolute Gasteiger partial charge is 0.406 e. The van der Waals surface area contributed by atoms with E-state index in [0.29, 0.717) is 22.6 Å². The average Bonchev–Trinajstić information content (AvgIpc) is 3.26. The van der Waals surface area contributed by atoms with Crippen molar-refractivity contribution in [2.24, 2.45) is 0 Å². The van der Waals surface area contributed by atoms with Crippen LogP contribution >= 0.6 is 0 Å². The number of rotatable bonds is 6. The molecule has 180 valence electrons. The van der Waals surface area contributed by atoms with Crippen LogP contribution in [0.1, 0.15) is 52.0 Å². The van der Waals surface area contributed by atoms with E-state index in [4.69, 9.17) is 18.2 Å². The maximum absolute atomic E-state index is 14.1. The van der Waals surface area contributed by atoms with Gasteiger partial charge in [0.05, 0.1) is 6.26 Å². The van der Waals surface area contributed by atoms with Gasteiger partial charge in [-0.05, 0) is 26.3 Å². The normalized spacial score (nSPS) is 18.6. The number of hydrogen-bond acceptors (Lipinski definition) is 8. The molecule has 0 saturated carbocycles. The highest BCUT2D eigenvalue weighted by molar-refractivity contribution is 7.85. The first-order valence-electron chi connectivity index (χ1n) is 10.2. The second kappa shape index (κ2) is 8.96. The Bertz CT molecular complexity index is 1160. The van der Waals surface area contributed by atoms with Gasteiger partial charge >= 0.3 is 6.09 Å². The lowest BCUT2D eigenvalue weighted by atomic mass is 10.0. The van der Waals surface area contributed by atoms with Crippen LogP contribution in [0, 0.1) is 0 Å². The van der Waals surface area contributed by atoms with Gasteiger partial charge in [-0.3, -0.25) is 8.92 Å². The van der Waals surface area contributed by atoms with E-state index in [1.807, 2.05) is 0 Å². The lowest BCUT2D eigenvalue weighted by molar-refractivity contribution is -0.571. The molecular formula is C22H28FN2O7S+. The molecule has 0 saturated heterocycles. The first kappa shape index (κ1) is 25.0. The monoisotopic (exact) mass is 483 g/mol. The van der Waals surface area contributed by atoms with E-state index in [0.717, 1.165) is 6.26 Å². The van der Waals surface area contributed by atoms with Gasteiger partial charge in [-0.2, -0.15) is 13.2 Å². The lowest BCUT2D eigenvalue weighted by Gasteiger charge is -2.20. The van der Waals surface area contributed by atoms with Gasteiger partial charge in [0.2, 0.25) is 5.71 Å². The number of halogens is 1. The Morgan fingerprint density at radius 2 is 1.88 bits per heavy atom. The summed E-state index contributed by atoms with van der Waals surface area (Å²) < 4.78 is 59.0. The molecule has 1 aliphatic heterocycles. The Balaban J connectivity index is 1.84. The van der Waals surface area contributed by atoms with E-state index in [1.54, 1.807) is 65.0 Å². The number of carbonyl (C=O) groups is 1. The van der Waals surface area contributed by atoms with Gasteiger partial charge in [0.1, 0.15) is 17.9 Å². The van der Waals surface area contributed by atoms with Crippen LogP contribution in [0.2, 0.25) is 0 Å². The third kappa shape index (κ3) is 6.04. The first-order chi connectivity index (χ1) is 15.2. The van der Waals surface area contributed by atoms with E-state index in [2.05, 4.69) is 5.16 Å². The van der Waals surface area contributed by atoms with E-state index in [9.17, 15) is 17.6 Å². The zero-order chi connectivity index (χ0) is 24.6. The number of ether oxygens (including phenoxy) is 2. The molecule has 9 nitrogen and oxygen atoms in total. The zero-order valence-corrected chi connectivity index (χ0v) is 20.2. The first-order valence-corrected chi connectivity index (χ1v) is 12.0. The van der Waals surface area contributed by atoms with Crippen LogP contribution < -0.4 is 0 Å². The summed E-state index contributed by atoms with van der Waals surface area (Å²) in [6.45, 7) is 7.44. The molecule has 0 radical (unpaired) electrons. The third-order valence-corrected chi connectivity index (χ3v) is 5.27. The van der Waals surface area contributed by atoms with Gasteiger partial charge < -0.3 is 9.26 Å². The largest absolute Gasteiger partial charge is 0.599 e. The molecule has 0 bridgehead atoms.